The maximum atomic E-state index is 13.4. The smallest absolute Gasteiger partial charge is 0.306 e. The number of carbonyl (C=O) groups is 1. The zero-order valence-electron chi connectivity index (χ0n) is 6.93. The Labute approximate surface area is 91.8 Å². The molecule has 2 rings (SSSR count). The molecule has 1 aliphatic heterocycles. The number of rotatable bonds is 0. The standard InChI is InChI=1S/C7H6F2IN3O/c8-7(9)3-11-6(14)2-13-4(7)1-5(10)12-13/h1H,2-3H2,(H,11,14). The van der Waals surface area contributed by atoms with Crippen LogP contribution >= 0.6 is 22.6 Å². The molecule has 0 saturated heterocycles. The van der Waals surface area contributed by atoms with Crippen molar-refractivity contribution in [2.75, 3.05) is 6.54 Å². The Morgan fingerprint density at radius 2 is 2.36 bits per heavy atom. The predicted molar refractivity (Wildman–Crippen MR) is 51.8 cm³/mol. The number of nitrogens with zero attached hydrogens (tertiary/aromatic N) is 2. The Bertz CT molecular complexity index is 390. The molecule has 0 fully saturated rings. The summed E-state index contributed by atoms with van der Waals surface area (Å²) in [7, 11) is 0. The first-order valence-electron chi connectivity index (χ1n) is 3.87. The Morgan fingerprint density at radius 1 is 1.64 bits per heavy atom. The molecule has 0 unspecified atom stereocenters. The maximum Gasteiger partial charge on any atom is 0.306 e. The predicted octanol–water partition coefficient (Wildman–Crippen LogP) is 0.709. The number of halogens is 3. The number of aromatic nitrogens is 2. The van der Waals surface area contributed by atoms with E-state index in [0.29, 0.717) is 3.70 Å². The first kappa shape index (κ1) is 9.81. The molecule has 7 heteroatoms. The van der Waals surface area contributed by atoms with Gasteiger partial charge in [0.1, 0.15) is 15.9 Å². The number of hydrogen-bond acceptors (Lipinski definition) is 2. The molecule has 1 amide bonds. The van der Waals surface area contributed by atoms with Crippen LogP contribution in [0.3, 0.4) is 0 Å². The number of alkyl halides is 2. The Balaban J connectivity index is 2.51. The Hall–Kier alpha value is -0.730. The molecule has 0 bridgehead atoms. The van der Waals surface area contributed by atoms with Crippen LogP contribution in [0, 0.1) is 3.70 Å². The molecule has 0 atom stereocenters. The van der Waals surface area contributed by atoms with Gasteiger partial charge in [-0.2, -0.15) is 13.9 Å². The summed E-state index contributed by atoms with van der Waals surface area (Å²) < 4.78 is 28.2. The molecule has 0 saturated carbocycles. The number of nitrogens with one attached hydrogen (secondary N) is 1. The van der Waals surface area contributed by atoms with Crippen LogP contribution in [0.5, 0.6) is 0 Å². The molecule has 1 aromatic rings. The van der Waals surface area contributed by atoms with E-state index >= 15 is 0 Å². The van der Waals surface area contributed by atoms with Gasteiger partial charge in [-0.05, 0) is 28.7 Å². The molecule has 1 aromatic heterocycles. The zero-order valence-corrected chi connectivity index (χ0v) is 9.09. The first-order chi connectivity index (χ1) is 6.49. The van der Waals surface area contributed by atoms with Crippen molar-refractivity contribution in [2.45, 2.75) is 12.5 Å². The monoisotopic (exact) mass is 313 g/mol. The highest BCUT2D eigenvalue weighted by molar-refractivity contribution is 14.1. The SMILES string of the molecule is O=C1Cn2nc(I)cc2C(F)(F)CN1. The second-order valence-electron chi connectivity index (χ2n) is 2.99. The molecule has 0 aliphatic carbocycles. The highest BCUT2D eigenvalue weighted by Crippen LogP contribution is 2.29. The normalized spacial score (nSPS) is 19.8. The third-order valence-electron chi connectivity index (χ3n) is 1.93. The van der Waals surface area contributed by atoms with Crippen LogP contribution in [-0.2, 0) is 17.3 Å². The van der Waals surface area contributed by atoms with Crippen molar-refractivity contribution >= 4 is 28.5 Å². The van der Waals surface area contributed by atoms with Crippen LogP contribution in [0.25, 0.3) is 0 Å². The molecule has 0 spiro atoms. The van der Waals surface area contributed by atoms with Crippen LogP contribution in [-0.4, -0.2) is 22.2 Å². The van der Waals surface area contributed by atoms with Crippen molar-refractivity contribution in [3.63, 3.8) is 0 Å². The van der Waals surface area contributed by atoms with Gasteiger partial charge in [0.15, 0.2) is 0 Å². The summed E-state index contributed by atoms with van der Waals surface area (Å²) in [6.45, 7) is -0.804. The molecular formula is C7H6F2IN3O. The third kappa shape index (κ3) is 1.60. The average Bonchev–Trinajstić information content (AvgIpc) is 2.40. The lowest BCUT2D eigenvalue weighted by atomic mass is 10.2. The minimum absolute atomic E-state index is 0.145. The van der Waals surface area contributed by atoms with E-state index in [-0.39, 0.29) is 12.2 Å². The largest absolute Gasteiger partial charge is 0.348 e. The van der Waals surface area contributed by atoms with Crippen molar-refractivity contribution in [1.82, 2.24) is 15.1 Å². The van der Waals surface area contributed by atoms with Crippen molar-refractivity contribution in [3.8, 4) is 0 Å². The molecule has 0 radical (unpaired) electrons. The molecule has 2 heterocycles. The van der Waals surface area contributed by atoms with Gasteiger partial charge in [0.05, 0.1) is 6.54 Å². The number of hydrogen-bond donors (Lipinski definition) is 1. The van der Waals surface area contributed by atoms with Gasteiger partial charge >= 0.3 is 5.92 Å². The van der Waals surface area contributed by atoms with Gasteiger partial charge in [0.2, 0.25) is 5.91 Å². The van der Waals surface area contributed by atoms with E-state index in [1.54, 1.807) is 0 Å². The summed E-state index contributed by atoms with van der Waals surface area (Å²) in [6.07, 6.45) is 0. The third-order valence-corrected chi connectivity index (χ3v) is 2.45. The Morgan fingerprint density at radius 3 is 3.07 bits per heavy atom. The minimum atomic E-state index is -3.04. The van der Waals surface area contributed by atoms with Gasteiger partial charge in [-0.1, -0.05) is 0 Å². The molecule has 1 N–H and O–H groups in total. The lowest BCUT2D eigenvalue weighted by Gasteiger charge is -2.12. The highest BCUT2D eigenvalue weighted by atomic mass is 127. The second kappa shape index (κ2) is 3.14. The summed E-state index contributed by atoms with van der Waals surface area (Å²) in [5.41, 5.74) is -0.208. The van der Waals surface area contributed by atoms with Gasteiger partial charge in [-0.3, -0.25) is 9.48 Å². The van der Waals surface area contributed by atoms with Crippen LogP contribution in [0.4, 0.5) is 8.78 Å². The maximum absolute atomic E-state index is 13.4. The topological polar surface area (TPSA) is 46.9 Å². The minimum Gasteiger partial charge on any atom is -0.348 e. The fraction of sp³-hybridized carbons (Fsp3) is 0.429. The Kier molecular flexibility index (Phi) is 2.20. The van der Waals surface area contributed by atoms with Crippen LogP contribution in [0.15, 0.2) is 6.07 Å². The van der Waals surface area contributed by atoms with Crippen LogP contribution in [0.1, 0.15) is 5.69 Å². The molecule has 14 heavy (non-hydrogen) atoms. The summed E-state index contributed by atoms with van der Waals surface area (Å²) in [6, 6.07) is 1.29. The van der Waals surface area contributed by atoms with Crippen molar-refractivity contribution in [3.05, 3.63) is 15.5 Å². The van der Waals surface area contributed by atoms with Gasteiger partial charge in [0.25, 0.3) is 0 Å². The number of carbonyl (C=O) groups excluding carboxylic acids is 1. The van der Waals surface area contributed by atoms with Crippen molar-refractivity contribution < 1.29 is 13.6 Å². The van der Waals surface area contributed by atoms with E-state index < -0.39 is 18.4 Å². The lowest BCUT2D eigenvalue weighted by Crippen LogP contribution is -2.32. The summed E-state index contributed by atoms with van der Waals surface area (Å²) in [5, 5.41) is 5.95. The summed E-state index contributed by atoms with van der Waals surface area (Å²) >= 11 is 1.84. The number of fused-ring (bicyclic) bond motifs is 1. The van der Waals surface area contributed by atoms with E-state index in [2.05, 4.69) is 10.4 Å². The van der Waals surface area contributed by atoms with Crippen LogP contribution in [0.2, 0.25) is 0 Å². The zero-order chi connectivity index (χ0) is 10.3. The lowest BCUT2D eigenvalue weighted by molar-refractivity contribution is -0.122. The molecular weight excluding hydrogens is 307 g/mol. The highest BCUT2D eigenvalue weighted by Gasteiger charge is 2.38. The fourth-order valence-electron chi connectivity index (χ4n) is 1.29. The molecule has 1 aliphatic rings. The van der Waals surface area contributed by atoms with Gasteiger partial charge in [-0.25, -0.2) is 0 Å². The quantitative estimate of drug-likeness (QED) is 0.717. The van der Waals surface area contributed by atoms with E-state index in [1.165, 1.54) is 6.07 Å². The van der Waals surface area contributed by atoms with E-state index in [9.17, 15) is 13.6 Å². The van der Waals surface area contributed by atoms with E-state index in [1.807, 2.05) is 22.6 Å². The van der Waals surface area contributed by atoms with E-state index in [4.69, 9.17) is 0 Å². The summed E-state index contributed by atoms with van der Waals surface area (Å²) in [5.74, 6) is -3.48. The fourth-order valence-corrected chi connectivity index (χ4v) is 1.85. The van der Waals surface area contributed by atoms with Gasteiger partial charge in [-0.15, -0.1) is 0 Å². The average molecular weight is 313 g/mol. The molecule has 0 aromatic carbocycles. The van der Waals surface area contributed by atoms with Crippen molar-refractivity contribution in [2.24, 2.45) is 0 Å². The van der Waals surface area contributed by atoms with Crippen molar-refractivity contribution in [1.29, 1.82) is 0 Å². The van der Waals surface area contributed by atoms with Gasteiger partial charge in [0, 0.05) is 0 Å². The second-order valence-corrected chi connectivity index (χ2v) is 4.10. The molecule has 4 nitrogen and oxygen atoms in total. The molecule has 76 valence electrons. The van der Waals surface area contributed by atoms with Crippen LogP contribution < -0.4 is 5.32 Å². The first-order valence-corrected chi connectivity index (χ1v) is 4.95. The summed E-state index contributed by atoms with van der Waals surface area (Å²) in [4.78, 5) is 11.0. The van der Waals surface area contributed by atoms with Gasteiger partial charge < -0.3 is 5.32 Å². The van der Waals surface area contributed by atoms with E-state index in [0.717, 1.165) is 4.68 Å². The number of amides is 1.